The van der Waals surface area contributed by atoms with Crippen LogP contribution in [0.5, 0.6) is 0 Å². The summed E-state index contributed by atoms with van der Waals surface area (Å²) in [6.45, 7) is 1.23. The molecule has 0 unspecified atom stereocenters. The lowest BCUT2D eigenvalue weighted by atomic mass is 10.6. The van der Waals surface area contributed by atoms with Gasteiger partial charge in [0, 0.05) is 7.05 Å². The Kier molecular flexibility index (Phi) is 3.34. The lowest BCUT2D eigenvalue weighted by Crippen LogP contribution is -2.25. The van der Waals surface area contributed by atoms with E-state index >= 15 is 0 Å². The van der Waals surface area contributed by atoms with Crippen LogP contribution in [0.2, 0.25) is 0 Å². The standard InChI is InChI=1S/C6H10N2O4/c1-7-6(9)12-8-5-4-10-2-3-11-5/h2-4H2,1H3,(H,7,9). The molecule has 1 saturated heterocycles. The smallest absolute Gasteiger partial charge is 0.433 e. The third-order valence-electron chi connectivity index (χ3n) is 1.16. The van der Waals surface area contributed by atoms with Crippen LogP contribution in [-0.2, 0) is 14.3 Å². The molecule has 0 aromatic carbocycles. The number of oxime groups is 1. The molecule has 1 aliphatic rings. The second-order valence-corrected chi connectivity index (χ2v) is 2.01. The summed E-state index contributed by atoms with van der Waals surface area (Å²) in [5.41, 5.74) is 0. The Hall–Kier alpha value is -1.30. The molecular formula is C6H10N2O4. The molecule has 0 aliphatic carbocycles. The SMILES string of the molecule is CNC(=O)ON=C1COCCO1. The first-order valence-electron chi connectivity index (χ1n) is 3.49. The van der Waals surface area contributed by atoms with Crippen LogP contribution in [0.1, 0.15) is 0 Å². The molecule has 0 bridgehead atoms. The summed E-state index contributed by atoms with van der Waals surface area (Å²) in [5.74, 6) is 0.282. The van der Waals surface area contributed by atoms with E-state index in [0.29, 0.717) is 13.2 Å². The Balaban J connectivity index is 2.29. The Morgan fingerprint density at radius 2 is 2.50 bits per heavy atom. The molecule has 1 aliphatic heterocycles. The van der Waals surface area contributed by atoms with Crippen molar-refractivity contribution in [1.29, 1.82) is 0 Å². The number of carbonyl (C=O) groups is 1. The van der Waals surface area contributed by atoms with E-state index in [0.717, 1.165) is 0 Å². The van der Waals surface area contributed by atoms with E-state index in [2.05, 4.69) is 15.3 Å². The second kappa shape index (κ2) is 4.55. The van der Waals surface area contributed by atoms with Crippen LogP contribution in [0.4, 0.5) is 4.79 Å². The minimum absolute atomic E-state index is 0.247. The van der Waals surface area contributed by atoms with Gasteiger partial charge in [-0.1, -0.05) is 0 Å². The molecule has 0 atom stereocenters. The number of carbonyl (C=O) groups excluding carboxylic acids is 1. The van der Waals surface area contributed by atoms with Crippen LogP contribution in [0.25, 0.3) is 0 Å². The predicted molar refractivity (Wildman–Crippen MR) is 39.7 cm³/mol. The van der Waals surface area contributed by atoms with Gasteiger partial charge >= 0.3 is 6.09 Å². The van der Waals surface area contributed by atoms with E-state index in [1.54, 1.807) is 0 Å². The second-order valence-electron chi connectivity index (χ2n) is 2.01. The van der Waals surface area contributed by atoms with Crippen molar-refractivity contribution in [2.75, 3.05) is 26.9 Å². The van der Waals surface area contributed by atoms with E-state index in [-0.39, 0.29) is 12.5 Å². The molecule has 1 fully saturated rings. The molecule has 12 heavy (non-hydrogen) atoms. The summed E-state index contributed by atoms with van der Waals surface area (Å²) in [7, 11) is 1.45. The van der Waals surface area contributed by atoms with E-state index in [1.807, 2.05) is 0 Å². The van der Waals surface area contributed by atoms with Crippen molar-refractivity contribution in [2.45, 2.75) is 0 Å². The van der Waals surface area contributed by atoms with Gasteiger partial charge in [0.1, 0.15) is 13.2 Å². The third-order valence-corrected chi connectivity index (χ3v) is 1.16. The summed E-state index contributed by atoms with van der Waals surface area (Å²) in [6, 6.07) is 0. The maximum atomic E-state index is 10.5. The normalized spacial score (nSPS) is 19.9. The highest BCUT2D eigenvalue weighted by Crippen LogP contribution is 1.94. The molecular weight excluding hydrogens is 164 g/mol. The van der Waals surface area contributed by atoms with Gasteiger partial charge in [-0.05, 0) is 5.16 Å². The minimum Gasteiger partial charge on any atom is -0.475 e. The molecule has 1 N–H and O–H groups in total. The molecule has 0 aromatic rings. The highest BCUT2D eigenvalue weighted by atomic mass is 16.7. The molecule has 0 saturated carbocycles. The monoisotopic (exact) mass is 174 g/mol. The third kappa shape index (κ3) is 2.75. The first-order valence-corrected chi connectivity index (χ1v) is 3.49. The van der Waals surface area contributed by atoms with E-state index in [1.165, 1.54) is 7.05 Å². The van der Waals surface area contributed by atoms with Crippen LogP contribution >= 0.6 is 0 Å². The minimum atomic E-state index is -0.628. The number of hydrogen-bond donors (Lipinski definition) is 1. The van der Waals surface area contributed by atoms with Crippen molar-refractivity contribution < 1.29 is 19.1 Å². The molecule has 0 aromatic heterocycles. The Morgan fingerprint density at radius 3 is 3.08 bits per heavy atom. The fourth-order valence-corrected chi connectivity index (χ4v) is 0.610. The zero-order chi connectivity index (χ0) is 8.81. The number of amides is 1. The summed E-state index contributed by atoms with van der Waals surface area (Å²) < 4.78 is 9.97. The van der Waals surface area contributed by atoms with Gasteiger partial charge in [0.05, 0.1) is 6.61 Å². The van der Waals surface area contributed by atoms with Crippen LogP contribution in [0.3, 0.4) is 0 Å². The topological polar surface area (TPSA) is 69.2 Å². The van der Waals surface area contributed by atoms with E-state index in [9.17, 15) is 4.79 Å². The van der Waals surface area contributed by atoms with Gasteiger partial charge in [-0.25, -0.2) is 4.79 Å². The number of hydrogen-bond acceptors (Lipinski definition) is 5. The predicted octanol–water partition coefficient (Wildman–Crippen LogP) is -0.297. The van der Waals surface area contributed by atoms with Gasteiger partial charge in [-0.2, -0.15) is 0 Å². The van der Waals surface area contributed by atoms with Crippen LogP contribution in [-0.4, -0.2) is 38.9 Å². The van der Waals surface area contributed by atoms with Gasteiger partial charge in [0.25, 0.3) is 5.90 Å². The van der Waals surface area contributed by atoms with Gasteiger partial charge in [-0.3, -0.25) is 4.84 Å². The number of rotatable bonds is 1. The van der Waals surface area contributed by atoms with Gasteiger partial charge < -0.3 is 14.8 Å². The molecule has 0 radical (unpaired) electrons. The fourth-order valence-electron chi connectivity index (χ4n) is 0.610. The Labute approximate surface area is 69.5 Å². The van der Waals surface area contributed by atoms with Crippen molar-refractivity contribution in [3.63, 3.8) is 0 Å². The quantitative estimate of drug-likeness (QED) is 0.437. The van der Waals surface area contributed by atoms with Gasteiger partial charge in [-0.15, -0.1) is 0 Å². The molecule has 6 heteroatoms. The molecule has 0 spiro atoms. The first-order chi connectivity index (χ1) is 5.83. The molecule has 1 rings (SSSR count). The average Bonchev–Trinajstić information content (AvgIpc) is 2.16. The average molecular weight is 174 g/mol. The van der Waals surface area contributed by atoms with Crippen molar-refractivity contribution >= 4 is 12.0 Å². The van der Waals surface area contributed by atoms with E-state index < -0.39 is 6.09 Å². The zero-order valence-corrected chi connectivity index (χ0v) is 6.70. The van der Waals surface area contributed by atoms with Crippen LogP contribution < -0.4 is 5.32 Å². The lowest BCUT2D eigenvalue weighted by Gasteiger charge is -2.13. The summed E-state index contributed by atoms with van der Waals surface area (Å²) in [5, 5.41) is 5.65. The summed E-state index contributed by atoms with van der Waals surface area (Å²) in [6.07, 6.45) is -0.628. The first kappa shape index (κ1) is 8.79. The lowest BCUT2D eigenvalue weighted by molar-refractivity contribution is 0.0621. The van der Waals surface area contributed by atoms with Crippen LogP contribution in [0.15, 0.2) is 5.16 Å². The highest BCUT2D eigenvalue weighted by Gasteiger charge is 2.08. The molecule has 6 nitrogen and oxygen atoms in total. The Bertz CT molecular complexity index is 184. The van der Waals surface area contributed by atoms with E-state index in [4.69, 9.17) is 9.47 Å². The van der Waals surface area contributed by atoms with Gasteiger partial charge in [0.15, 0.2) is 0 Å². The van der Waals surface area contributed by atoms with Crippen LogP contribution in [0, 0.1) is 0 Å². The Morgan fingerprint density at radius 1 is 1.67 bits per heavy atom. The van der Waals surface area contributed by atoms with Gasteiger partial charge in [0.2, 0.25) is 0 Å². The molecule has 68 valence electrons. The number of ether oxygens (including phenoxy) is 2. The fraction of sp³-hybridized carbons (Fsp3) is 0.667. The van der Waals surface area contributed by atoms with Crippen molar-refractivity contribution in [3.8, 4) is 0 Å². The molecule has 1 heterocycles. The maximum Gasteiger partial charge on any atom is 0.433 e. The zero-order valence-electron chi connectivity index (χ0n) is 6.70. The highest BCUT2D eigenvalue weighted by molar-refractivity contribution is 5.78. The summed E-state index contributed by atoms with van der Waals surface area (Å²) >= 11 is 0. The van der Waals surface area contributed by atoms with Crippen molar-refractivity contribution in [1.82, 2.24) is 5.32 Å². The maximum absolute atomic E-state index is 10.5. The number of nitrogens with one attached hydrogen (secondary N) is 1. The largest absolute Gasteiger partial charge is 0.475 e. The number of nitrogens with zero attached hydrogens (tertiary/aromatic N) is 1. The molecule has 1 amide bonds. The summed E-state index contributed by atoms with van der Waals surface area (Å²) in [4.78, 5) is 14.9. The van der Waals surface area contributed by atoms with Crippen molar-refractivity contribution in [2.24, 2.45) is 5.16 Å². The van der Waals surface area contributed by atoms with Crippen molar-refractivity contribution in [3.05, 3.63) is 0 Å².